The summed E-state index contributed by atoms with van der Waals surface area (Å²) in [6, 6.07) is 11.3. The number of methoxy groups -OCH3 is 1. The number of carbonyl (C=O) groups is 2. The summed E-state index contributed by atoms with van der Waals surface area (Å²) in [6.07, 6.45) is 1.13. The molecule has 0 unspecified atom stereocenters. The first-order chi connectivity index (χ1) is 13.5. The molecule has 0 aromatic heterocycles. The average molecular weight is 385 g/mol. The van der Waals surface area contributed by atoms with Crippen molar-refractivity contribution in [1.29, 1.82) is 0 Å². The Hall–Kier alpha value is -3.09. The minimum Gasteiger partial charge on any atom is -0.495 e. The Labute approximate surface area is 163 Å². The largest absolute Gasteiger partial charge is 0.495 e. The molecule has 0 spiro atoms. The van der Waals surface area contributed by atoms with E-state index in [4.69, 9.17) is 4.74 Å². The van der Waals surface area contributed by atoms with E-state index in [1.54, 1.807) is 30.2 Å². The van der Waals surface area contributed by atoms with E-state index >= 15 is 0 Å². The van der Waals surface area contributed by atoms with Crippen molar-refractivity contribution in [3.05, 3.63) is 53.8 Å². The zero-order valence-corrected chi connectivity index (χ0v) is 16.0. The van der Waals surface area contributed by atoms with Crippen LogP contribution in [-0.2, 0) is 4.79 Å². The Morgan fingerprint density at radius 2 is 1.79 bits per heavy atom. The normalized spacial score (nSPS) is 14.5. The lowest BCUT2D eigenvalue weighted by atomic mass is 9.96. The van der Waals surface area contributed by atoms with Gasteiger partial charge in [-0.3, -0.25) is 4.79 Å². The molecule has 3 rings (SSSR count). The van der Waals surface area contributed by atoms with Crippen LogP contribution in [-0.4, -0.2) is 37.0 Å². The molecule has 2 N–H and O–H groups in total. The fourth-order valence-corrected chi connectivity index (χ4v) is 3.25. The Morgan fingerprint density at radius 3 is 2.50 bits per heavy atom. The summed E-state index contributed by atoms with van der Waals surface area (Å²) in [6.45, 7) is 2.73. The molecule has 1 aliphatic rings. The Bertz CT molecular complexity index is 864. The highest BCUT2D eigenvalue weighted by Gasteiger charge is 2.28. The summed E-state index contributed by atoms with van der Waals surface area (Å²) in [7, 11) is 1.56. The molecule has 2 aromatic carbocycles. The molecule has 0 radical (unpaired) electrons. The summed E-state index contributed by atoms with van der Waals surface area (Å²) < 4.78 is 18.6. The molecule has 148 valence electrons. The summed E-state index contributed by atoms with van der Waals surface area (Å²) in [5.74, 6) is -0.0406. The third-order valence-corrected chi connectivity index (χ3v) is 4.96. The van der Waals surface area contributed by atoms with Crippen LogP contribution in [0.15, 0.2) is 42.5 Å². The van der Waals surface area contributed by atoms with Crippen molar-refractivity contribution in [2.75, 3.05) is 30.8 Å². The van der Waals surface area contributed by atoms with Crippen LogP contribution in [0.4, 0.5) is 20.6 Å². The van der Waals surface area contributed by atoms with Crippen LogP contribution < -0.4 is 15.4 Å². The maximum atomic E-state index is 13.4. The van der Waals surface area contributed by atoms with Crippen LogP contribution in [0, 0.1) is 18.7 Å². The van der Waals surface area contributed by atoms with Gasteiger partial charge in [-0.1, -0.05) is 18.2 Å². The topological polar surface area (TPSA) is 70.7 Å². The Balaban J connectivity index is 1.54. The van der Waals surface area contributed by atoms with Gasteiger partial charge in [-0.15, -0.1) is 0 Å². The van der Waals surface area contributed by atoms with Gasteiger partial charge in [0, 0.05) is 24.7 Å². The maximum Gasteiger partial charge on any atom is 0.321 e. The molecule has 7 heteroatoms. The quantitative estimate of drug-likeness (QED) is 0.835. The Morgan fingerprint density at radius 1 is 1.07 bits per heavy atom. The van der Waals surface area contributed by atoms with E-state index in [9.17, 15) is 14.0 Å². The van der Waals surface area contributed by atoms with Crippen LogP contribution >= 0.6 is 0 Å². The first-order valence-corrected chi connectivity index (χ1v) is 9.24. The molecule has 1 aliphatic heterocycles. The zero-order chi connectivity index (χ0) is 20.1. The van der Waals surface area contributed by atoms with Crippen molar-refractivity contribution in [3.63, 3.8) is 0 Å². The third-order valence-electron chi connectivity index (χ3n) is 4.96. The number of anilines is 2. The highest BCUT2D eigenvalue weighted by Crippen LogP contribution is 2.26. The standard InChI is InChI=1S/C21H24FN3O3/c1-14-7-8-16(22)13-18(14)24-21(27)25-11-9-15(10-12-25)20(26)23-17-5-3-4-6-19(17)28-2/h3-8,13,15H,9-12H2,1-2H3,(H,23,26)(H,24,27). The lowest BCUT2D eigenvalue weighted by molar-refractivity contribution is -0.121. The molecule has 1 saturated heterocycles. The lowest BCUT2D eigenvalue weighted by Crippen LogP contribution is -2.43. The van der Waals surface area contributed by atoms with E-state index in [1.165, 1.54) is 12.1 Å². The van der Waals surface area contributed by atoms with E-state index in [0.717, 1.165) is 5.56 Å². The fourth-order valence-electron chi connectivity index (χ4n) is 3.25. The molecular formula is C21H24FN3O3. The van der Waals surface area contributed by atoms with Crippen molar-refractivity contribution in [2.45, 2.75) is 19.8 Å². The first-order valence-electron chi connectivity index (χ1n) is 9.24. The second kappa shape index (κ2) is 8.73. The molecule has 28 heavy (non-hydrogen) atoms. The van der Waals surface area contributed by atoms with Crippen molar-refractivity contribution in [2.24, 2.45) is 5.92 Å². The number of likely N-dealkylation sites (tertiary alicyclic amines) is 1. The van der Waals surface area contributed by atoms with Gasteiger partial charge in [-0.05, 0) is 49.6 Å². The van der Waals surface area contributed by atoms with Gasteiger partial charge >= 0.3 is 6.03 Å². The highest BCUT2D eigenvalue weighted by molar-refractivity contribution is 5.94. The predicted molar refractivity (Wildman–Crippen MR) is 106 cm³/mol. The van der Waals surface area contributed by atoms with Crippen LogP contribution in [0.3, 0.4) is 0 Å². The molecule has 2 aromatic rings. The molecule has 6 nitrogen and oxygen atoms in total. The fraction of sp³-hybridized carbons (Fsp3) is 0.333. The zero-order valence-electron chi connectivity index (χ0n) is 16.0. The lowest BCUT2D eigenvalue weighted by Gasteiger charge is -2.31. The number of rotatable bonds is 4. The van der Waals surface area contributed by atoms with Crippen LogP contribution in [0.1, 0.15) is 18.4 Å². The monoisotopic (exact) mass is 385 g/mol. The Kier molecular flexibility index (Phi) is 6.13. The molecule has 0 atom stereocenters. The van der Waals surface area contributed by atoms with E-state index in [2.05, 4.69) is 10.6 Å². The van der Waals surface area contributed by atoms with Crippen LogP contribution in [0.5, 0.6) is 5.75 Å². The predicted octanol–water partition coefficient (Wildman–Crippen LogP) is 4.03. The average Bonchev–Trinajstić information content (AvgIpc) is 2.71. The molecule has 1 fully saturated rings. The van der Waals surface area contributed by atoms with Gasteiger partial charge in [-0.25, -0.2) is 9.18 Å². The SMILES string of the molecule is COc1ccccc1NC(=O)C1CCN(C(=O)Nc2cc(F)ccc2C)CC1. The number of hydrogen-bond donors (Lipinski definition) is 2. The number of carbonyl (C=O) groups excluding carboxylic acids is 2. The van der Waals surface area contributed by atoms with Crippen LogP contribution in [0.25, 0.3) is 0 Å². The second-order valence-corrected chi connectivity index (χ2v) is 6.84. The first kappa shape index (κ1) is 19.7. The van der Waals surface area contributed by atoms with Gasteiger partial charge in [0.2, 0.25) is 5.91 Å². The number of urea groups is 1. The summed E-state index contributed by atoms with van der Waals surface area (Å²) in [5, 5.41) is 5.65. The van der Waals surface area contributed by atoms with Gasteiger partial charge < -0.3 is 20.3 Å². The van der Waals surface area contributed by atoms with E-state index in [0.29, 0.717) is 43.1 Å². The number of para-hydroxylation sites is 2. The summed E-state index contributed by atoms with van der Waals surface area (Å²) >= 11 is 0. The number of amides is 3. The highest BCUT2D eigenvalue weighted by atomic mass is 19.1. The molecular weight excluding hydrogens is 361 g/mol. The van der Waals surface area contributed by atoms with Gasteiger partial charge in [0.25, 0.3) is 0 Å². The van der Waals surface area contributed by atoms with Crippen molar-refractivity contribution >= 4 is 23.3 Å². The summed E-state index contributed by atoms with van der Waals surface area (Å²) in [4.78, 5) is 26.7. The number of ether oxygens (including phenoxy) is 1. The van der Waals surface area contributed by atoms with Gasteiger partial charge in [0.1, 0.15) is 11.6 Å². The molecule has 1 heterocycles. The second-order valence-electron chi connectivity index (χ2n) is 6.84. The smallest absolute Gasteiger partial charge is 0.321 e. The van der Waals surface area contributed by atoms with E-state index in [-0.39, 0.29) is 17.9 Å². The van der Waals surface area contributed by atoms with Gasteiger partial charge in [0.15, 0.2) is 0 Å². The minimum atomic E-state index is -0.396. The number of piperidine rings is 1. The van der Waals surface area contributed by atoms with Gasteiger partial charge in [-0.2, -0.15) is 0 Å². The minimum absolute atomic E-state index is 0.0782. The van der Waals surface area contributed by atoms with E-state index < -0.39 is 5.82 Å². The summed E-state index contributed by atoms with van der Waals surface area (Å²) in [5.41, 5.74) is 1.89. The number of nitrogens with zero attached hydrogens (tertiary/aromatic N) is 1. The molecule has 0 saturated carbocycles. The number of halogens is 1. The van der Waals surface area contributed by atoms with Crippen LogP contribution in [0.2, 0.25) is 0 Å². The maximum absolute atomic E-state index is 13.4. The number of nitrogens with one attached hydrogen (secondary N) is 2. The van der Waals surface area contributed by atoms with Crippen molar-refractivity contribution < 1.29 is 18.7 Å². The van der Waals surface area contributed by atoms with Crippen molar-refractivity contribution in [1.82, 2.24) is 4.90 Å². The third kappa shape index (κ3) is 4.60. The van der Waals surface area contributed by atoms with Crippen molar-refractivity contribution in [3.8, 4) is 5.75 Å². The van der Waals surface area contributed by atoms with Gasteiger partial charge in [0.05, 0.1) is 12.8 Å². The molecule has 3 amide bonds. The molecule has 0 bridgehead atoms. The van der Waals surface area contributed by atoms with E-state index in [1.807, 2.05) is 19.1 Å². The molecule has 0 aliphatic carbocycles. The number of benzene rings is 2. The number of hydrogen-bond acceptors (Lipinski definition) is 3. The number of aryl methyl sites for hydroxylation is 1.